The van der Waals surface area contributed by atoms with Crippen LogP contribution >= 0.6 is 11.3 Å². The molecule has 8 heteroatoms. The summed E-state index contributed by atoms with van der Waals surface area (Å²) in [6, 6.07) is 10.8. The summed E-state index contributed by atoms with van der Waals surface area (Å²) in [6.07, 6.45) is 0. The van der Waals surface area contributed by atoms with E-state index in [0.29, 0.717) is 27.8 Å². The van der Waals surface area contributed by atoms with Crippen LogP contribution < -0.4 is 19.5 Å². The number of hydrogen-bond acceptors (Lipinski definition) is 7. The van der Waals surface area contributed by atoms with Crippen LogP contribution in [0.25, 0.3) is 11.1 Å². The summed E-state index contributed by atoms with van der Waals surface area (Å²) in [5, 5.41) is 5.00. The number of esters is 1. The Morgan fingerprint density at radius 1 is 0.906 bits per heavy atom. The minimum absolute atomic E-state index is 0.201. The summed E-state index contributed by atoms with van der Waals surface area (Å²) < 4.78 is 21.5. The van der Waals surface area contributed by atoms with Crippen molar-refractivity contribution >= 4 is 28.2 Å². The lowest BCUT2D eigenvalue weighted by Gasteiger charge is -2.14. The van der Waals surface area contributed by atoms with Crippen LogP contribution in [0.5, 0.6) is 17.2 Å². The van der Waals surface area contributed by atoms with Gasteiger partial charge in [0, 0.05) is 16.5 Å². The molecule has 0 unspecified atom stereocenters. The van der Waals surface area contributed by atoms with Gasteiger partial charge in [0.1, 0.15) is 33.4 Å². The molecule has 1 N–H and O–H groups in total. The molecule has 168 valence electrons. The molecule has 0 radical (unpaired) electrons. The molecule has 0 fully saturated rings. The van der Waals surface area contributed by atoms with Crippen molar-refractivity contribution in [2.75, 3.05) is 33.3 Å². The third kappa shape index (κ3) is 4.55. The van der Waals surface area contributed by atoms with Crippen LogP contribution in [-0.4, -0.2) is 39.8 Å². The quantitative estimate of drug-likeness (QED) is 0.472. The number of carbonyl (C=O) groups is 2. The number of rotatable bonds is 8. The Bertz CT molecular complexity index is 1120. The van der Waals surface area contributed by atoms with Crippen LogP contribution in [-0.2, 0) is 4.74 Å². The van der Waals surface area contributed by atoms with Gasteiger partial charge < -0.3 is 24.3 Å². The second kappa shape index (κ2) is 10.2. The van der Waals surface area contributed by atoms with Gasteiger partial charge in [0.15, 0.2) is 0 Å². The summed E-state index contributed by atoms with van der Waals surface area (Å²) >= 11 is 1.23. The molecular weight excluding hydrogens is 430 g/mol. The van der Waals surface area contributed by atoms with Crippen molar-refractivity contribution in [2.45, 2.75) is 13.8 Å². The average molecular weight is 456 g/mol. The molecule has 1 amide bonds. The van der Waals surface area contributed by atoms with E-state index in [1.165, 1.54) is 25.6 Å². The molecule has 0 aliphatic rings. The van der Waals surface area contributed by atoms with Crippen molar-refractivity contribution in [1.82, 2.24) is 0 Å². The zero-order valence-electron chi connectivity index (χ0n) is 18.6. The number of amides is 1. The Balaban J connectivity index is 2.11. The van der Waals surface area contributed by atoms with Gasteiger partial charge in [-0.15, -0.1) is 11.3 Å². The van der Waals surface area contributed by atoms with Crippen molar-refractivity contribution in [2.24, 2.45) is 0 Å². The highest BCUT2D eigenvalue weighted by molar-refractivity contribution is 7.15. The van der Waals surface area contributed by atoms with E-state index >= 15 is 0 Å². The molecule has 0 spiro atoms. The Kier molecular flexibility index (Phi) is 7.37. The van der Waals surface area contributed by atoms with Crippen LogP contribution in [0.4, 0.5) is 5.00 Å². The molecule has 1 heterocycles. The molecule has 0 saturated carbocycles. The first-order valence-electron chi connectivity index (χ1n) is 9.91. The molecule has 3 aromatic rings. The van der Waals surface area contributed by atoms with Gasteiger partial charge in [-0.3, -0.25) is 4.79 Å². The molecule has 0 bridgehead atoms. The van der Waals surface area contributed by atoms with Crippen LogP contribution in [0.2, 0.25) is 0 Å². The van der Waals surface area contributed by atoms with Crippen LogP contribution in [0, 0.1) is 6.92 Å². The maximum absolute atomic E-state index is 13.2. The highest BCUT2D eigenvalue weighted by Gasteiger charge is 2.26. The number of nitrogens with one attached hydrogen (secondary N) is 1. The van der Waals surface area contributed by atoms with Gasteiger partial charge in [-0.05, 0) is 38.1 Å². The van der Waals surface area contributed by atoms with Gasteiger partial charge in [0.25, 0.3) is 5.91 Å². The standard InChI is InChI=1S/C24H25NO6S/c1-6-31-24(27)20-16(15-12-14(2)10-11-17(15)28-3)13-32-23(20)25-22(26)21-18(29-4)8-7-9-19(21)30-5/h7-13H,6H2,1-5H3,(H,25,26). The fourth-order valence-corrected chi connectivity index (χ4v) is 4.27. The molecular formula is C24H25NO6S. The smallest absolute Gasteiger partial charge is 0.341 e. The molecule has 7 nitrogen and oxygen atoms in total. The predicted octanol–water partition coefficient (Wildman–Crippen LogP) is 5.18. The number of ether oxygens (including phenoxy) is 4. The van der Waals surface area contributed by atoms with E-state index in [4.69, 9.17) is 18.9 Å². The van der Waals surface area contributed by atoms with E-state index < -0.39 is 11.9 Å². The van der Waals surface area contributed by atoms with Crippen LogP contribution in [0.15, 0.2) is 41.8 Å². The topological polar surface area (TPSA) is 83.1 Å². The largest absolute Gasteiger partial charge is 0.496 e. The van der Waals surface area contributed by atoms with Crippen molar-refractivity contribution in [3.05, 3.63) is 58.5 Å². The van der Waals surface area contributed by atoms with E-state index in [2.05, 4.69) is 5.32 Å². The number of anilines is 1. The zero-order chi connectivity index (χ0) is 23.3. The SMILES string of the molecule is CCOC(=O)c1c(-c2cc(C)ccc2OC)csc1NC(=O)c1c(OC)cccc1OC. The van der Waals surface area contributed by atoms with E-state index in [1.807, 2.05) is 25.1 Å². The van der Waals surface area contributed by atoms with Crippen molar-refractivity contribution in [3.63, 3.8) is 0 Å². The highest BCUT2D eigenvalue weighted by Crippen LogP contribution is 2.41. The van der Waals surface area contributed by atoms with E-state index in [0.717, 1.165) is 11.1 Å². The van der Waals surface area contributed by atoms with Crippen molar-refractivity contribution < 1.29 is 28.5 Å². The molecule has 3 rings (SSSR count). The maximum Gasteiger partial charge on any atom is 0.341 e. The molecule has 1 aromatic heterocycles. The lowest BCUT2D eigenvalue weighted by Crippen LogP contribution is -2.16. The summed E-state index contributed by atoms with van der Waals surface area (Å²) in [5.41, 5.74) is 2.86. The Morgan fingerprint density at radius 2 is 1.56 bits per heavy atom. The number of aryl methyl sites for hydroxylation is 1. The Hall–Kier alpha value is -3.52. The number of hydrogen-bond donors (Lipinski definition) is 1. The van der Waals surface area contributed by atoms with Crippen molar-refractivity contribution in [3.8, 4) is 28.4 Å². The summed E-state index contributed by atoms with van der Waals surface area (Å²) in [4.78, 5) is 26.1. The Labute approximate surface area is 190 Å². The van der Waals surface area contributed by atoms with E-state index in [-0.39, 0.29) is 17.7 Å². The van der Waals surface area contributed by atoms with Gasteiger partial charge >= 0.3 is 5.97 Å². The fraction of sp³-hybridized carbons (Fsp3) is 0.250. The first-order chi connectivity index (χ1) is 15.4. The monoisotopic (exact) mass is 455 g/mol. The van der Waals surface area contributed by atoms with E-state index in [9.17, 15) is 9.59 Å². The third-order valence-electron chi connectivity index (χ3n) is 4.80. The summed E-state index contributed by atoms with van der Waals surface area (Å²) in [5.74, 6) is 0.334. The number of carbonyl (C=O) groups excluding carboxylic acids is 2. The lowest BCUT2D eigenvalue weighted by molar-refractivity contribution is 0.0529. The second-order valence-corrected chi connectivity index (χ2v) is 7.65. The maximum atomic E-state index is 13.2. The normalized spacial score (nSPS) is 10.4. The molecule has 2 aromatic carbocycles. The predicted molar refractivity (Wildman–Crippen MR) is 124 cm³/mol. The number of benzene rings is 2. The van der Waals surface area contributed by atoms with Gasteiger partial charge in [0.05, 0.1) is 27.9 Å². The second-order valence-electron chi connectivity index (χ2n) is 6.77. The Morgan fingerprint density at radius 3 is 2.16 bits per heavy atom. The van der Waals surface area contributed by atoms with Gasteiger partial charge in [-0.1, -0.05) is 17.7 Å². The fourth-order valence-electron chi connectivity index (χ4n) is 3.33. The van der Waals surface area contributed by atoms with E-state index in [1.54, 1.807) is 37.6 Å². The van der Waals surface area contributed by atoms with Crippen LogP contribution in [0.1, 0.15) is 33.2 Å². The minimum atomic E-state index is -0.533. The zero-order valence-corrected chi connectivity index (χ0v) is 19.4. The summed E-state index contributed by atoms with van der Waals surface area (Å²) in [6.45, 7) is 3.89. The van der Waals surface area contributed by atoms with Gasteiger partial charge in [-0.25, -0.2) is 4.79 Å². The molecule has 0 aliphatic heterocycles. The lowest BCUT2D eigenvalue weighted by atomic mass is 10.0. The van der Waals surface area contributed by atoms with Crippen molar-refractivity contribution in [1.29, 1.82) is 0 Å². The minimum Gasteiger partial charge on any atom is -0.496 e. The molecule has 0 atom stereocenters. The average Bonchev–Trinajstić information content (AvgIpc) is 3.21. The number of methoxy groups -OCH3 is 3. The van der Waals surface area contributed by atoms with Gasteiger partial charge in [-0.2, -0.15) is 0 Å². The highest BCUT2D eigenvalue weighted by atomic mass is 32.1. The number of thiophene rings is 1. The first-order valence-corrected chi connectivity index (χ1v) is 10.8. The van der Waals surface area contributed by atoms with Gasteiger partial charge in [0.2, 0.25) is 0 Å². The molecule has 32 heavy (non-hydrogen) atoms. The van der Waals surface area contributed by atoms with Crippen LogP contribution in [0.3, 0.4) is 0 Å². The third-order valence-corrected chi connectivity index (χ3v) is 5.69. The molecule has 0 aliphatic carbocycles. The summed E-state index contributed by atoms with van der Waals surface area (Å²) in [7, 11) is 4.52. The molecule has 0 saturated heterocycles. The first kappa shape index (κ1) is 23.1.